The molecule has 8 nitrogen and oxygen atoms in total. The molecule has 0 aromatic heterocycles. The maximum atomic E-state index is 11.9. The second kappa shape index (κ2) is 14.5. The van der Waals surface area contributed by atoms with Gasteiger partial charge in [-0.2, -0.15) is 0 Å². The molecule has 0 bridgehead atoms. The van der Waals surface area contributed by atoms with Crippen molar-refractivity contribution in [3.05, 3.63) is 59.7 Å². The van der Waals surface area contributed by atoms with Crippen molar-refractivity contribution in [2.24, 2.45) is 0 Å². The number of rotatable bonds is 13. The third kappa shape index (κ3) is 9.44. The lowest BCUT2D eigenvalue weighted by Gasteiger charge is -2.06. The molecule has 0 unspecified atom stereocenters. The molecule has 34 heavy (non-hydrogen) atoms. The predicted octanol–water partition coefficient (Wildman–Crippen LogP) is 4.89. The molecule has 0 atom stereocenters. The highest BCUT2D eigenvalue weighted by molar-refractivity contribution is 5.90. The number of hydrogen-bond donors (Lipinski definition) is 0. The van der Waals surface area contributed by atoms with Crippen LogP contribution in [-0.2, 0) is 19.1 Å². The Morgan fingerprint density at radius 3 is 1.18 bits per heavy atom. The van der Waals surface area contributed by atoms with Gasteiger partial charge in [0.25, 0.3) is 0 Å². The van der Waals surface area contributed by atoms with Gasteiger partial charge in [-0.3, -0.25) is 9.59 Å². The molecular formula is C26H30O8. The Labute approximate surface area is 199 Å². The lowest BCUT2D eigenvalue weighted by atomic mass is 10.1. The smallest absolute Gasteiger partial charge is 0.337 e. The minimum Gasteiger partial charge on any atom is -0.465 e. The highest BCUT2D eigenvalue weighted by atomic mass is 16.5. The first-order valence-corrected chi connectivity index (χ1v) is 11.2. The molecule has 0 radical (unpaired) electrons. The molecule has 8 heteroatoms. The van der Waals surface area contributed by atoms with Crippen LogP contribution in [0.25, 0.3) is 0 Å². The average Bonchev–Trinajstić information content (AvgIpc) is 2.85. The summed E-state index contributed by atoms with van der Waals surface area (Å²) in [6, 6.07) is 12.4. The van der Waals surface area contributed by atoms with Crippen molar-refractivity contribution < 1.29 is 38.1 Å². The fourth-order valence-corrected chi connectivity index (χ4v) is 3.16. The number of benzene rings is 2. The minimum absolute atomic E-state index is 0.312. The summed E-state index contributed by atoms with van der Waals surface area (Å²) in [6.07, 6.45) is 5.81. The van der Waals surface area contributed by atoms with Crippen LogP contribution < -0.4 is 9.47 Å². The van der Waals surface area contributed by atoms with Crippen LogP contribution in [0, 0.1) is 0 Å². The Morgan fingerprint density at radius 1 is 0.529 bits per heavy atom. The summed E-state index contributed by atoms with van der Waals surface area (Å²) in [7, 11) is 2.61. The summed E-state index contributed by atoms with van der Waals surface area (Å²) in [6.45, 7) is 0. The van der Waals surface area contributed by atoms with Gasteiger partial charge in [-0.1, -0.05) is 25.7 Å². The molecule has 0 aliphatic carbocycles. The van der Waals surface area contributed by atoms with Crippen molar-refractivity contribution in [1.29, 1.82) is 0 Å². The van der Waals surface area contributed by atoms with Gasteiger partial charge in [-0.25, -0.2) is 9.59 Å². The lowest BCUT2D eigenvalue weighted by molar-refractivity contribution is -0.135. The predicted molar refractivity (Wildman–Crippen MR) is 124 cm³/mol. The van der Waals surface area contributed by atoms with E-state index in [1.807, 2.05) is 0 Å². The van der Waals surface area contributed by atoms with Gasteiger partial charge in [0.05, 0.1) is 25.3 Å². The van der Waals surface area contributed by atoms with Crippen LogP contribution in [0.1, 0.15) is 72.1 Å². The normalized spacial score (nSPS) is 10.3. The quantitative estimate of drug-likeness (QED) is 0.231. The molecule has 2 aromatic carbocycles. The summed E-state index contributed by atoms with van der Waals surface area (Å²) < 4.78 is 19.8. The number of carbonyl (C=O) groups excluding carboxylic acids is 4. The zero-order valence-electron chi connectivity index (χ0n) is 19.5. The van der Waals surface area contributed by atoms with Gasteiger partial charge in [-0.05, 0) is 61.4 Å². The van der Waals surface area contributed by atoms with Crippen LogP contribution in [0.2, 0.25) is 0 Å². The van der Waals surface area contributed by atoms with E-state index in [4.69, 9.17) is 9.47 Å². The Balaban J connectivity index is 1.51. The molecule has 0 amide bonds. The van der Waals surface area contributed by atoms with Crippen molar-refractivity contribution >= 4 is 23.9 Å². The van der Waals surface area contributed by atoms with E-state index in [9.17, 15) is 19.2 Å². The molecule has 2 aromatic rings. The molecule has 0 spiro atoms. The van der Waals surface area contributed by atoms with E-state index in [0.717, 1.165) is 38.5 Å². The summed E-state index contributed by atoms with van der Waals surface area (Å²) in [5.41, 5.74) is 0.787. The van der Waals surface area contributed by atoms with Gasteiger partial charge in [0.1, 0.15) is 11.5 Å². The van der Waals surface area contributed by atoms with E-state index in [-0.39, 0.29) is 11.9 Å². The SMILES string of the molecule is COC(=O)c1ccc(OC(=O)CCCCCCCCC(=O)Oc2ccc(C(=O)OC)cc2)cc1. The molecule has 0 saturated heterocycles. The third-order valence-electron chi connectivity index (χ3n) is 5.03. The Morgan fingerprint density at radius 2 is 0.853 bits per heavy atom. The molecule has 0 aliphatic rings. The number of hydrogen-bond acceptors (Lipinski definition) is 8. The van der Waals surface area contributed by atoms with E-state index in [1.54, 1.807) is 48.5 Å². The lowest BCUT2D eigenvalue weighted by Crippen LogP contribution is -2.08. The van der Waals surface area contributed by atoms with E-state index in [0.29, 0.717) is 35.5 Å². The number of unbranched alkanes of at least 4 members (excludes halogenated alkanes) is 5. The van der Waals surface area contributed by atoms with Crippen molar-refractivity contribution in [1.82, 2.24) is 0 Å². The van der Waals surface area contributed by atoms with Crippen molar-refractivity contribution in [3.8, 4) is 11.5 Å². The van der Waals surface area contributed by atoms with Crippen molar-refractivity contribution in [2.45, 2.75) is 51.4 Å². The fraction of sp³-hybridized carbons (Fsp3) is 0.385. The van der Waals surface area contributed by atoms with Gasteiger partial charge in [0.15, 0.2) is 0 Å². The summed E-state index contributed by atoms with van der Waals surface area (Å²) in [4.78, 5) is 46.6. The van der Waals surface area contributed by atoms with Crippen molar-refractivity contribution in [2.75, 3.05) is 14.2 Å². The molecule has 0 saturated carbocycles. The van der Waals surface area contributed by atoms with Crippen LogP contribution in [-0.4, -0.2) is 38.1 Å². The summed E-state index contributed by atoms with van der Waals surface area (Å²) >= 11 is 0. The number of ether oxygens (including phenoxy) is 4. The van der Waals surface area contributed by atoms with E-state index >= 15 is 0 Å². The van der Waals surface area contributed by atoms with E-state index in [2.05, 4.69) is 9.47 Å². The second-order valence-electron chi connectivity index (χ2n) is 7.60. The molecule has 0 fully saturated rings. The summed E-state index contributed by atoms with van der Waals surface area (Å²) in [5, 5.41) is 0. The van der Waals surface area contributed by atoms with Gasteiger partial charge in [0, 0.05) is 12.8 Å². The minimum atomic E-state index is -0.443. The fourth-order valence-electron chi connectivity index (χ4n) is 3.16. The van der Waals surface area contributed by atoms with Crippen LogP contribution >= 0.6 is 0 Å². The topological polar surface area (TPSA) is 105 Å². The first kappa shape index (κ1) is 26.6. The van der Waals surface area contributed by atoms with Gasteiger partial charge in [-0.15, -0.1) is 0 Å². The van der Waals surface area contributed by atoms with Gasteiger partial charge >= 0.3 is 23.9 Å². The maximum Gasteiger partial charge on any atom is 0.337 e. The molecule has 182 valence electrons. The highest BCUT2D eigenvalue weighted by Gasteiger charge is 2.09. The largest absolute Gasteiger partial charge is 0.465 e. The Hall–Kier alpha value is -3.68. The molecule has 0 heterocycles. The number of carbonyl (C=O) groups is 4. The Bertz CT molecular complexity index is 868. The van der Waals surface area contributed by atoms with Gasteiger partial charge in [0.2, 0.25) is 0 Å². The van der Waals surface area contributed by atoms with Crippen LogP contribution in [0.4, 0.5) is 0 Å². The monoisotopic (exact) mass is 470 g/mol. The number of esters is 4. The maximum absolute atomic E-state index is 11.9. The zero-order valence-corrected chi connectivity index (χ0v) is 19.5. The standard InChI is InChI=1S/C26H30O8/c1-31-25(29)19-11-15-21(16-12-19)33-23(27)9-7-5-3-4-6-8-10-24(28)34-22-17-13-20(14-18-22)26(30)32-2/h11-18H,3-10H2,1-2H3. The van der Waals surface area contributed by atoms with E-state index < -0.39 is 11.9 Å². The summed E-state index contributed by atoms with van der Waals surface area (Å²) in [5.74, 6) is -0.725. The van der Waals surface area contributed by atoms with Crippen LogP contribution in [0.3, 0.4) is 0 Å². The number of methoxy groups -OCH3 is 2. The first-order chi connectivity index (χ1) is 16.4. The highest BCUT2D eigenvalue weighted by Crippen LogP contribution is 2.16. The third-order valence-corrected chi connectivity index (χ3v) is 5.03. The van der Waals surface area contributed by atoms with Crippen LogP contribution in [0.15, 0.2) is 48.5 Å². The molecular weight excluding hydrogens is 440 g/mol. The molecule has 0 aliphatic heterocycles. The average molecular weight is 471 g/mol. The second-order valence-corrected chi connectivity index (χ2v) is 7.60. The molecule has 0 N–H and O–H groups in total. The zero-order chi connectivity index (χ0) is 24.8. The van der Waals surface area contributed by atoms with Gasteiger partial charge < -0.3 is 18.9 Å². The first-order valence-electron chi connectivity index (χ1n) is 11.2. The van der Waals surface area contributed by atoms with E-state index in [1.165, 1.54) is 14.2 Å². The van der Waals surface area contributed by atoms with Crippen molar-refractivity contribution in [3.63, 3.8) is 0 Å². The molecule has 2 rings (SSSR count). The van der Waals surface area contributed by atoms with Crippen LogP contribution in [0.5, 0.6) is 11.5 Å². The Kier molecular flexibility index (Phi) is 11.3.